The van der Waals surface area contributed by atoms with Crippen LogP contribution in [0.3, 0.4) is 0 Å². The van der Waals surface area contributed by atoms with E-state index in [2.05, 4.69) is 10.2 Å². The smallest absolute Gasteiger partial charge is 0.254 e. The van der Waals surface area contributed by atoms with E-state index in [1.807, 2.05) is 61.5 Å². The van der Waals surface area contributed by atoms with Gasteiger partial charge in [-0.2, -0.15) is 0 Å². The molecule has 22 heavy (non-hydrogen) atoms. The normalized spacial score (nSPS) is 10.4. The summed E-state index contributed by atoms with van der Waals surface area (Å²) in [4.78, 5) is 0. The van der Waals surface area contributed by atoms with Gasteiger partial charge in [-0.05, 0) is 30.7 Å². The molecule has 0 bridgehead atoms. The largest absolute Gasteiger partial charge is 0.484 e. The molecule has 2 aromatic carbocycles. The van der Waals surface area contributed by atoms with Gasteiger partial charge in [-0.3, -0.25) is 0 Å². The van der Waals surface area contributed by atoms with Crippen LogP contribution >= 0.6 is 0 Å². The van der Waals surface area contributed by atoms with Gasteiger partial charge in [0.25, 0.3) is 11.8 Å². The highest BCUT2D eigenvalue weighted by atomic mass is 16.5. The molecule has 0 saturated heterocycles. The molecule has 0 spiro atoms. The standard InChI is InChI=1S/C17H16N2O3/c1-13-7-5-6-10-15(13)21-12-17-19-18-16(22-17)11-20-14-8-3-2-4-9-14/h2-10H,11-12H2,1H3. The van der Waals surface area contributed by atoms with Gasteiger partial charge in [0.05, 0.1) is 0 Å². The summed E-state index contributed by atoms with van der Waals surface area (Å²) in [5.41, 5.74) is 1.06. The predicted molar refractivity (Wildman–Crippen MR) is 80.6 cm³/mol. The summed E-state index contributed by atoms with van der Waals surface area (Å²) < 4.78 is 16.7. The Morgan fingerprint density at radius 3 is 2.18 bits per heavy atom. The summed E-state index contributed by atoms with van der Waals surface area (Å²) in [7, 11) is 0. The van der Waals surface area contributed by atoms with E-state index in [4.69, 9.17) is 13.9 Å². The van der Waals surface area contributed by atoms with Crippen molar-refractivity contribution in [2.24, 2.45) is 0 Å². The van der Waals surface area contributed by atoms with Crippen molar-refractivity contribution < 1.29 is 13.9 Å². The van der Waals surface area contributed by atoms with E-state index in [-0.39, 0.29) is 13.2 Å². The third-order valence-electron chi connectivity index (χ3n) is 3.06. The zero-order valence-electron chi connectivity index (χ0n) is 12.2. The molecule has 3 aromatic rings. The fourth-order valence-corrected chi connectivity index (χ4v) is 1.92. The molecule has 1 aromatic heterocycles. The molecule has 0 N–H and O–H groups in total. The number of ether oxygens (including phenoxy) is 2. The van der Waals surface area contributed by atoms with Crippen molar-refractivity contribution in [2.45, 2.75) is 20.1 Å². The number of aromatic nitrogens is 2. The summed E-state index contributed by atoms with van der Waals surface area (Å²) in [6.45, 7) is 2.47. The fraction of sp³-hybridized carbons (Fsp3) is 0.176. The SMILES string of the molecule is Cc1ccccc1OCc1nnc(COc2ccccc2)o1. The number of para-hydroxylation sites is 2. The Balaban J connectivity index is 1.54. The van der Waals surface area contributed by atoms with E-state index < -0.39 is 0 Å². The second-order valence-electron chi connectivity index (χ2n) is 4.75. The summed E-state index contributed by atoms with van der Waals surface area (Å²) in [6, 6.07) is 17.3. The van der Waals surface area contributed by atoms with E-state index >= 15 is 0 Å². The van der Waals surface area contributed by atoms with Crippen molar-refractivity contribution in [3.05, 3.63) is 71.9 Å². The summed E-state index contributed by atoms with van der Waals surface area (Å²) in [5, 5.41) is 7.90. The Kier molecular flexibility index (Phi) is 4.34. The average molecular weight is 296 g/mol. The number of hydrogen-bond acceptors (Lipinski definition) is 5. The number of aryl methyl sites for hydroxylation is 1. The van der Waals surface area contributed by atoms with Crippen LogP contribution in [0, 0.1) is 6.92 Å². The fourth-order valence-electron chi connectivity index (χ4n) is 1.92. The lowest BCUT2D eigenvalue weighted by molar-refractivity contribution is 0.231. The van der Waals surface area contributed by atoms with Gasteiger partial charge in [0.15, 0.2) is 13.2 Å². The summed E-state index contributed by atoms with van der Waals surface area (Å²) >= 11 is 0. The molecule has 0 radical (unpaired) electrons. The van der Waals surface area contributed by atoms with Crippen molar-refractivity contribution in [1.82, 2.24) is 10.2 Å². The molecule has 0 amide bonds. The number of hydrogen-bond donors (Lipinski definition) is 0. The number of nitrogens with zero attached hydrogens (tertiary/aromatic N) is 2. The minimum absolute atomic E-state index is 0.237. The summed E-state index contributed by atoms with van der Waals surface area (Å²) in [5.74, 6) is 2.42. The van der Waals surface area contributed by atoms with Gasteiger partial charge >= 0.3 is 0 Å². The first-order valence-electron chi connectivity index (χ1n) is 6.99. The molecular weight excluding hydrogens is 280 g/mol. The van der Waals surface area contributed by atoms with Crippen molar-refractivity contribution in [2.75, 3.05) is 0 Å². The van der Waals surface area contributed by atoms with Gasteiger partial charge in [-0.15, -0.1) is 10.2 Å². The Labute approximate surface area is 128 Å². The highest BCUT2D eigenvalue weighted by Gasteiger charge is 2.08. The van der Waals surface area contributed by atoms with Crippen LogP contribution in [0.25, 0.3) is 0 Å². The molecule has 0 atom stereocenters. The Morgan fingerprint density at radius 2 is 1.45 bits per heavy atom. The molecule has 5 heteroatoms. The van der Waals surface area contributed by atoms with E-state index in [1.165, 1.54) is 0 Å². The zero-order chi connectivity index (χ0) is 15.2. The summed E-state index contributed by atoms with van der Waals surface area (Å²) in [6.07, 6.45) is 0. The molecule has 0 aliphatic heterocycles. The van der Waals surface area contributed by atoms with E-state index in [9.17, 15) is 0 Å². The molecular formula is C17H16N2O3. The lowest BCUT2D eigenvalue weighted by atomic mass is 10.2. The first-order valence-corrected chi connectivity index (χ1v) is 6.99. The van der Waals surface area contributed by atoms with Crippen molar-refractivity contribution in [3.63, 3.8) is 0 Å². The van der Waals surface area contributed by atoms with Gasteiger partial charge in [-0.25, -0.2) is 0 Å². The van der Waals surface area contributed by atoms with Gasteiger partial charge < -0.3 is 13.9 Å². The molecule has 0 saturated carbocycles. The average Bonchev–Trinajstić information content (AvgIpc) is 3.01. The minimum Gasteiger partial charge on any atom is -0.484 e. The van der Waals surface area contributed by atoms with Crippen LogP contribution in [-0.2, 0) is 13.2 Å². The van der Waals surface area contributed by atoms with Crippen LogP contribution < -0.4 is 9.47 Å². The lowest BCUT2D eigenvalue weighted by Crippen LogP contribution is -1.97. The highest BCUT2D eigenvalue weighted by molar-refractivity contribution is 5.31. The lowest BCUT2D eigenvalue weighted by Gasteiger charge is -2.05. The highest BCUT2D eigenvalue weighted by Crippen LogP contribution is 2.18. The maximum absolute atomic E-state index is 5.66. The molecule has 0 aliphatic rings. The van der Waals surface area contributed by atoms with Gasteiger partial charge in [0.2, 0.25) is 0 Å². The zero-order valence-corrected chi connectivity index (χ0v) is 12.2. The first kappa shape index (κ1) is 14.1. The van der Waals surface area contributed by atoms with Crippen LogP contribution in [0.15, 0.2) is 59.0 Å². The molecule has 0 aliphatic carbocycles. The second kappa shape index (κ2) is 6.76. The molecule has 1 heterocycles. The molecule has 112 valence electrons. The predicted octanol–water partition coefficient (Wildman–Crippen LogP) is 3.54. The van der Waals surface area contributed by atoms with Gasteiger partial charge in [0.1, 0.15) is 11.5 Å². The van der Waals surface area contributed by atoms with E-state index in [0.717, 1.165) is 17.1 Å². The third-order valence-corrected chi connectivity index (χ3v) is 3.06. The van der Waals surface area contributed by atoms with Crippen molar-refractivity contribution >= 4 is 0 Å². The van der Waals surface area contributed by atoms with Gasteiger partial charge in [0, 0.05) is 0 Å². The van der Waals surface area contributed by atoms with Crippen LogP contribution in [0.4, 0.5) is 0 Å². The van der Waals surface area contributed by atoms with Crippen LogP contribution in [-0.4, -0.2) is 10.2 Å². The minimum atomic E-state index is 0.237. The Bertz CT molecular complexity index is 726. The Hall–Kier alpha value is -2.82. The van der Waals surface area contributed by atoms with Crippen LogP contribution in [0.5, 0.6) is 11.5 Å². The van der Waals surface area contributed by atoms with E-state index in [1.54, 1.807) is 0 Å². The van der Waals surface area contributed by atoms with Crippen molar-refractivity contribution in [1.29, 1.82) is 0 Å². The molecule has 0 unspecified atom stereocenters. The quantitative estimate of drug-likeness (QED) is 0.696. The van der Waals surface area contributed by atoms with E-state index in [0.29, 0.717) is 11.8 Å². The third kappa shape index (κ3) is 3.63. The first-order chi connectivity index (χ1) is 10.8. The van der Waals surface area contributed by atoms with Gasteiger partial charge in [-0.1, -0.05) is 36.4 Å². The number of rotatable bonds is 6. The van der Waals surface area contributed by atoms with Crippen LogP contribution in [0.1, 0.15) is 17.3 Å². The number of benzene rings is 2. The molecule has 0 fully saturated rings. The molecule has 5 nitrogen and oxygen atoms in total. The topological polar surface area (TPSA) is 57.4 Å². The second-order valence-corrected chi connectivity index (χ2v) is 4.75. The van der Waals surface area contributed by atoms with Crippen LogP contribution in [0.2, 0.25) is 0 Å². The van der Waals surface area contributed by atoms with Crippen molar-refractivity contribution in [3.8, 4) is 11.5 Å². The monoisotopic (exact) mass is 296 g/mol. The molecule has 3 rings (SSSR count). The Morgan fingerprint density at radius 1 is 0.818 bits per heavy atom. The maximum Gasteiger partial charge on any atom is 0.254 e. The maximum atomic E-state index is 5.66.